The molecule has 2 aliphatic rings. The molecule has 0 unspecified atom stereocenters. The molecule has 9 nitrogen and oxygen atoms in total. The van der Waals surface area contributed by atoms with Gasteiger partial charge in [-0.3, -0.25) is 19.3 Å². The molecule has 3 amide bonds. The number of rotatable bonds is 3. The van der Waals surface area contributed by atoms with Crippen LogP contribution >= 0.6 is 0 Å². The van der Waals surface area contributed by atoms with Crippen molar-refractivity contribution in [2.24, 2.45) is 0 Å². The van der Waals surface area contributed by atoms with Gasteiger partial charge in [-0.25, -0.2) is 4.98 Å². The van der Waals surface area contributed by atoms with Gasteiger partial charge in [-0.05, 0) is 30.3 Å². The van der Waals surface area contributed by atoms with Crippen LogP contribution in [0.3, 0.4) is 0 Å². The zero-order valence-electron chi connectivity index (χ0n) is 14.5. The van der Waals surface area contributed by atoms with Gasteiger partial charge >= 0.3 is 0 Å². The van der Waals surface area contributed by atoms with Gasteiger partial charge in [-0.1, -0.05) is 0 Å². The molecule has 0 bridgehead atoms. The van der Waals surface area contributed by atoms with Crippen molar-refractivity contribution in [1.82, 2.24) is 4.98 Å². The Balaban J connectivity index is 1.51. The number of carbonyl (C=O) groups excluding carboxylic acids is 3. The van der Waals surface area contributed by atoms with Crippen molar-refractivity contribution in [1.29, 1.82) is 0 Å². The highest BCUT2D eigenvalue weighted by atomic mass is 16.5. The Morgan fingerprint density at radius 3 is 2.78 bits per heavy atom. The van der Waals surface area contributed by atoms with E-state index in [-0.39, 0.29) is 31.6 Å². The Morgan fingerprint density at radius 1 is 1.15 bits per heavy atom. The lowest BCUT2D eigenvalue weighted by molar-refractivity contribution is -0.123. The van der Waals surface area contributed by atoms with Gasteiger partial charge in [-0.15, -0.1) is 0 Å². The molecule has 27 heavy (non-hydrogen) atoms. The summed E-state index contributed by atoms with van der Waals surface area (Å²) < 4.78 is 10.7. The SMILES string of the molecule is CN1C(=O)COc2ccc(NC(=O)CN3C(=O)COc4cccnc43)cc21. The Hall–Kier alpha value is -3.62. The minimum atomic E-state index is -0.396. The molecule has 3 heterocycles. The van der Waals surface area contributed by atoms with Crippen molar-refractivity contribution < 1.29 is 23.9 Å². The van der Waals surface area contributed by atoms with Crippen molar-refractivity contribution in [3.05, 3.63) is 36.5 Å². The number of nitrogens with one attached hydrogen (secondary N) is 1. The normalized spacial score (nSPS) is 15.4. The highest BCUT2D eigenvalue weighted by Gasteiger charge is 2.28. The maximum absolute atomic E-state index is 12.5. The molecule has 0 fully saturated rings. The van der Waals surface area contributed by atoms with E-state index in [2.05, 4.69) is 10.3 Å². The molecule has 0 radical (unpaired) electrons. The van der Waals surface area contributed by atoms with Crippen LogP contribution in [0.4, 0.5) is 17.2 Å². The van der Waals surface area contributed by atoms with Gasteiger partial charge in [0.05, 0.1) is 5.69 Å². The van der Waals surface area contributed by atoms with E-state index in [0.717, 1.165) is 0 Å². The smallest absolute Gasteiger partial charge is 0.266 e. The van der Waals surface area contributed by atoms with Crippen molar-refractivity contribution in [3.8, 4) is 11.5 Å². The third-order valence-electron chi connectivity index (χ3n) is 4.29. The highest BCUT2D eigenvalue weighted by molar-refractivity contribution is 6.05. The van der Waals surface area contributed by atoms with E-state index in [1.54, 1.807) is 37.4 Å². The Morgan fingerprint density at radius 2 is 1.93 bits per heavy atom. The molecule has 2 aromatic rings. The molecule has 1 aromatic carbocycles. The van der Waals surface area contributed by atoms with Gasteiger partial charge in [0, 0.05) is 18.9 Å². The number of anilines is 3. The van der Waals surface area contributed by atoms with Crippen molar-refractivity contribution in [2.45, 2.75) is 0 Å². The minimum Gasteiger partial charge on any atom is -0.482 e. The fourth-order valence-electron chi connectivity index (χ4n) is 2.89. The van der Waals surface area contributed by atoms with Crippen LogP contribution in [-0.2, 0) is 14.4 Å². The molecule has 4 rings (SSSR count). The monoisotopic (exact) mass is 368 g/mol. The van der Waals surface area contributed by atoms with Crippen LogP contribution in [-0.4, -0.2) is 49.5 Å². The maximum atomic E-state index is 12.5. The molecule has 138 valence electrons. The second kappa shape index (κ2) is 6.60. The van der Waals surface area contributed by atoms with Gasteiger partial charge in [-0.2, -0.15) is 0 Å². The number of pyridine rings is 1. The topological polar surface area (TPSA) is 101 Å². The molecule has 0 spiro atoms. The summed E-state index contributed by atoms with van der Waals surface area (Å²) >= 11 is 0. The Labute approximate surface area is 154 Å². The van der Waals surface area contributed by atoms with Gasteiger partial charge in [0.1, 0.15) is 12.3 Å². The van der Waals surface area contributed by atoms with Gasteiger partial charge in [0.25, 0.3) is 11.8 Å². The average molecular weight is 368 g/mol. The first-order valence-electron chi connectivity index (χ1n) is 8.24. The lowest BCUT2D eigenvalue weighted by Crippen LogP contribution is -2.44. The van der Waals surface area contributed by atoms with Crippen LogP contribution in [0, 0.1) is 0 Å². The molecule has 2 aliphatic heterocycles. The zero-order chi connectivity index (χ0) is 19.0. The molecule has 1 aromatic heterocycles. The van der Waals surface area contributed by atoms with E-state index in [9.17, 15) is 14.4 Å². The fraction of sp³-hybridized carbons (Fsp3) is 0.222. The molecule has 0 aliphatic carbocycles. The molecule has 9 heteroatoms. The molecule has 0 saturated heterocycles. The van der Waals surface area contributed by atoms with E-state index in [4.69, 9.17) is 9.47 Å². The van der Waals surface area contributed by atoms with Crippen LogP contribution in [0.2, 0.25) is 0 Å². The largest absolute Gasteiger partial charge is 0.482 e. The Bertz CT molecular complexity index is 945. The van der Waals surface area contributed by atoms with Gasteiger partial charge in [0.2, 0.25) is 5.91 Å². The van der Waals surface area contributed by atoms with Crippen molar-refractivity contribution in [2.75, 3.05) is 41.9 Å². The molecule has 0 atom stereocenters. The van der Waals surface area contributed by atoms with Gasteiger partial charge in [0.15, 0.2) is 24.8 Å². The predicted octanol–water partition coefficient (Wildman–Crippen LogP) is 0.801. The summed E-state index contributed by atoms with van der Waals surface area (Å²) in [6.45, 7) is -0.357. The third-order valence-corrected chi connectivity index (χ3v) is 4.29. The first-order valence-corrected chi connectivity index (χ1v) is 8.24. The van der Waals surface area contributed by atoms with Crippen LogP contribution in [0.25, 0.3) is 0 Å². The van der Waals surface area contributed by atoms with E-state index in [0.29, 0.717) is 28.7 Å². The lowest BCUT2D eigenvalue weighted by atomic mass is 10.2. The van der Waals surface area contributed by atoms with Crippen molar-refractivity contribution >= 4 is 34.9 Å². The van der Waals surface area contributed by atoms with Crippen LogP contribution in [0.15, 0.2) is 36.5 Å². The number of aromatic nitrogens is 1. The number of carbonyl (C=O) groups is 3. The lowest BCUT2D eigenvalue weighted by Gasteiger charge is -2.28. The van der Waals surface area contributed by atoms with Crippen LogP contribution in [0.5, 0.6) is 11.5 Å². The standard InChI is InChI=1S/C18H16N4O5/c1-21-12-7-11(4-5-13(12)26-9-16(21)24)20-15(23)8-22-17(25)10-27-14-3-2-6-19-18(14)22/h2-7H,8-10H2,1H3,(H,20,23). The van der Waals surface area contributed by atoms with E-state index < -0.39 is 5.91 Å². The number of benzene rings is 1. The molecule has 1 N–H and O–H groups in total. The first-order chi connectivity index (χ1) is 13.0. The van der Waals surface area contributed by atoms with Crippen molar-refractivity contribution in [3.63, 3.8) is 0 Å². The number of ether oxygens (including phenoxy) is 2. The molecular weight excluding hydrogens is 352 g/mol. The number of amides is 3. The number of likely N-dealkylation sites (N-methyl/N-ethyl adjacent to an activating group) is 1. The number of nitrogens with zero attached hydrogens (tertiary/aromatic N) is 3. The minimum absolute atomic E-state index is 0.0131. The van der Waals surface area contributed by atoms with Crippen LogP contribution < -0.4 is 24.6 Å². The van der Waals surface area contributed by atoms with E-state index in [1.165, 1.54) is 16.0 Å². The summed E-state index contributed by atoms with van der Waals surface area (Å²) in [5, 5.41) is 2.73. The Kier molecular flexibility index (Phi) is 4.11. The van der Waals surface area contributed by atoms with Crippen LogP contribution in [0.1, 0.15) is 0 Å². The predicted molar refractivity (Wildman–Crippen MR) is 96.1 cm³/mol. The maximum Gasteiger partial charge on any atom is 0.266 e. The number of hydrogen-bond acceptors (Lipinski definition) is 6. The number of hydrogen-bond donors (Lipinski definition) is 1. The molecular formula is C18H16N4O5. The van der Waals surface area contributed by atoms with E-state index >= 15 is 0 Å². The first kappa shape index (κ1) is 16.8. The zero-order valence-corrected chi connectivity index (χ0v) is 14.5. The quantitative estimate of drug-likeness (QED) is 0.860. The molecule has 0 saturated carbocycles. The highest BCUT2D eigenvalue weighted by Crippen LogP contribution is 2.34. The summed E-state index contributed by atoms with van der Waals surface area (Å²) in [5.41, 5.74) is 1.06. The fourth-order valence-corrected chi connectivity index (χ4v) is 2.89. The summed E-state index contributed by atoms with van der Waals surface area (Å²) in [7, 11) is 1.64. The second-order valence-electron chi connectivity index (χ2n) is 6.07. The second-order valence-corrected chi connectivity index (χ2v) is 6.07. The summed E-state index contributed by atoms with van der Waals surface area (Å²) in [5.74, 6) is 0.418. The average Bonchev–Trinajstić information content (AvgIpc) is 2.67. The number of fused-ring (bicyclic) bond motifs is 2. The van der Waals surface area contributed by atoms with Gasteiger partial charge < -0.3 is 19.7 Å². The van der Waals surface area contributed by atoms with E-state index in [1.807, 2.05) is 0 Å². The summed E-state index contributed by atoms with van der Waals surface area (Å²) in [6, 6.07) is 8.39. The third kappa shape index (κ3) is 3.14. The summed E-state index contributed by atoms with van der Waals surface area (Å²) in [6.07, 6.45) is 1.53. The summed E-state index contributed by atoms with van der Waals surface area (Å²) in [4.78, 5) is 43.2.